The molecule has 0 atom stereocenters. The molecule has 0 aliphatic rings. The van der Waals surface area contributed by atoms with Gasteiger partial charge in [-0.25, -0.2) is 0 Å². The maximum absolute atomic E-state index is 12.0. The molecule has 0 aliphatic heterocycles. The zero-order chi connectivity index (χ0) is 15.5. The van der Waals surface area contributed by atoms with E-state index in [1.165, 1.54) is 0 Å². The fourth-order valence-electron chi connectivity index (χ4n) is 1.92. The molecule has 0 saturated carbocycles. The lowest BCUT2D eigenvalue weighted by Gasteiger charge is -2.18. The van der Waals surface area contributed by atoms with Crippen LogP contribution in [0.25, 0.3) is 0 Å². The highest BCUT2D eigenvalue weighted by molar-refractivity contribution is 9.10. The molecule has 0 aliphatic carbocycles. The predicted octanol–water partition coefficient (Wildman–Crippen LogP) is 3.61. The average Bonchev–Trinajstić information content (AvgIpc) is 2.45. The fourth-order valence-corrected chi connectivity index (χ4v) is 2.18. The van der Waals surface area contributed by atoms with Crippen LogP contribution in [0.3, 0.4) is 0 Å². The Bertz CT molecular complexity index is 613. The Labute approximate surface area is 133 Å². The van der Waals surface area contributed by atoms with E-state index in [-0.39, 0.29) is 5.91 Å². The van der Waals surface area contributed by atoms with Crippen molar-refractivity contribution in [3.8, 4) is 0 Å². The summed E-state index contributed by atoms with van der Waals surface area (Å²) in [4.78, 5) is 12.0. The molecule has 0 heterocycles. The Hall–Kier alpha value is -1.65. The van der Waals surface area contributed by atoms with Crippen molar-refractivity contribution in [3.05, 3.63) is 69.7 Å². The van der Waals surface area contributed by atoms with Gasteiger partial charge >= 0.3 is 0 Å². The molecule has 0 bridgehead atoms. The monoisotopic (exact) mass is 347 g/mol. The minimum Gasteiger partial charge on any atom is -0.386 e. The molecule has 0 unspecified atom stereocenters. The van der Waals surface area contributed by atoms with Crippen LogP contribution in [-0.4, -0.2) is 11.0 Å². The molecule has 2 rings (SSSR count). The van der Waals surface area contributed by atoms with Gasteiger partial charge in [-0.15, -0.1) is 0 Å². The van der Waals surface area contributed by atoms with Crippen LogP contribution in [0.15, 0.2) is 53.0 Å². The van der Waals surface area contributed by atoms with Crippen LogP contribution in [0.1, 0.15) is 35.3 Å². The lowest BCUT2D eigenvalue weighted by Crippen LogP contribution is -2.22. The number of nitrogens with one attached hydrogen (secondary N) is 1. The number of rotatable bonds is 4. The SMILES string of the molecule is CC(C)(O)c1ccc(CNC(=O)c2ccc(Br)cc2)cc1. The first-order chi connectivity index (χ1) is 9.86. The third kappa shape index (κ3) is 4.41. The highest BCUT2D eigenvalue weighted by atomic mass is 79.9. The third-order valence-corrected chi connectivity index (χ3v) is 3.75. The van der Waals surface area contributed by atoms with Gasteiger partial charge in [0.2, 0.25) is 0 Å². The van der Waals surface area contributed by atoms with Crippen molar-refractivity contribution in [3.63, 3.8) is 0 Å². The summed E-state index contributed by atoms with van der Waals surface area (Å²) in [6.45, 7) is 3.95. The molecular weight excluding hydrogens is 330 g/mol. The van der Waals surface area contributed by atoms with Crippen LogP contribution in [0.2, 0.25) is 0 Å². The number of halogens is 1. The minimum absolute atomic E-state index is 0.103. The minimum atomic E-state index is -0.848. The quantitative estimate of drug-likeness (QED) is 0.887. The summed E-state index contributed by atoms with van der Waals surface area (Å²) in [6, 6.07) is 14.8. The molecule has 110 valence electrons. The number of carbonyl (C=O) groups is 1. The van der Waals surface area contributed by atoms with Gasteiger partial charge in [0.15, 0.2) is 0 Å². The van der Waals surface area contributed by atoms with Crippen molar-refractivity contribution in [2.75, 3.05) is 0 Å². The summed E-state index contributed by atoms with van der Waals surface area (Å²) >= 11 is 3.34. The zero-order valence-electron chi connectivity index (χ0n) is 12.1. The Morgan fingerprint density at radius 1 is 1.10 bits per heavy atom. The lowest BCUT2D eigenvalue weighted by atomic mass is 9.97. The molecule has 0 fully saturated rings. The topological polar surface area (TPSA) is 49.3 Å². The second kappa shape index (κ2) is 6.41. The van der Waals surface area contributed by atoms with Crippen LogP contribution < -0.4 is 5.32 Å². The number of hydrogen-bond acceptors (Lipinski definition) is 2. The molecule has 4 heteroatoms. The summed E-state index contributed by atoms with van der Waals surface area (Å²) in [5, 5.41) is 12.8. The van der Waals surface area contributed by atoms with Crippen molar-refractivity contribution in [2.45, 2.75) is 26.0 Å². The summed E-state index contributed by atoms with van der Waals surface area (Å²) in [7, 11) is 0. The molecule has 21 heavy (non-hydrogen) atoms. The average molecular weight is 348 g/mol. The van der Waals surface area contributed by atoms with Gasteiger partial charge in [-0.2, -0.15) is 0 Å². The van der Waals surface area contributed by atoms with Gasteiger partial charge in [-0.3, -0.25) is 4.79 Å². The van der Waals surface area contributed by atoms with Gasteiger partial charge < -0.3 is 10.4 Å². The van der Waals surface area contributed by atoms with Gasteiger partial charge in [-0.05, 0) is 49.2 Å². The maximum Gasteiger partial charge on any atom is 0.251 e. The molecule has 2 aromatic rings. The van der Waals surface area contributed by atoms with Gasteiger partial charge in [0.1, 0.15) is 0 Å². The first-order valence-corrected chi connectivity index (χ1v) is 7.51. The second-order valence-electron chi connectivity index (χ2n) is 5.45. The summed E-state index contributed by atoms with van der Waals surface area (Å²) in [5.74, 6) is -0.103. The number of carbonyl (C=O) groups excluding carboxylic acids is 1. The molecule has 0 spiro atoms. The van der Waals surface area contributed by atoms with Gasteiger partial charge in [0.25, 0.3) is 5.91 Å². The molecule has 2 N–H and O–H groups in total. The van der Waals surface area contributed by atoms with E-state index in [4.69, 9.17) is 0 Å². The van der Waals surface area contributed by atoms with E-state index >= 15 is 0 Å². The van der Waals surface area contributed by atoms with Crippen LogP contribution in [-0.2, 0) is 12.1 Å². The number of benzene rings is 2. The molecule has 3 nitrogen and oxygen atoms in total. The van der Waals surface area contributed by atoms with Crippen LogP contribution in [0.4, 0.5) is 0 Å². The molecule has 2 aromatic carbocycles. The summed E-state index contributed by atoms with van der Waals surface area (Å²) < 4.78 is 0.946. The van der Waals surface area contributed by atoms with Crippen LogP contribution in [0, 0.1) is 0 Å². The first kappa shape index (κ1) is 15.7. The van der Waals surface area contributed by atoms with Gasteiger partial charge in [0, 0.05) is 16.6 Å². The van der Waals surface area contributed by atoms with Gasteiger partial charge in [-0.1, -0.05) is 40.2 Å². The Kier molecular flexibility index (Phi) is 4.80. The Morgan fingerprint density at radius 2 is 1.67 bits per heavy atom. The van der Waals surface area contributed by atoms with E-state index in [0.29, 0.717) is 12.1 Å². The van der Waals surface area contributed by atoms with Crippen molar-refractivity contribution in [1.82, 2.24) is 5.32 Å². The summed E-state index contributed by atoms with van der Waals surface area (Å²) in [5.41, 5.74) is 1.63. The van der Waals surface area contributed by atoms with Crippen molar-refractivity contribution in [1.29, 1.82) is 0 Å². The normalized spacial score (nSPS) is 11.2. The Morgan fingerprint density at radius 3 is 2.19 bits per heavy atom. The van der Waals surface area contributed by atoms with E-state index in [9.17, 15) is 9.90 Å². The van der Waals surface area contributed by atoms with E-state index in [2.05, 4.69) is 21.2 Å². The standard InChI is InChI=1S/C17H18BrNO2/c1-17(2,21)14-7-3-12(4-8-14)11-19-16(20)13-5-9-15(18)10-6-13/h3-10,21H,11H2,1-2H3,(H,19,20). The van der Waals surface area contributed by atoms with Crippen LogP contribution >= 0.6 is 15.9 Å². The molecular formula is C17H18BrNO2. The van der Waals surface area contributed by atoms with Crippen molar-refractivity contribution >= 4 is 21.8 Å². The highest BCUT2D eigenvalue weighted by Gasteiger charge is 2.15. The smallest absolute Gasteiger partial charge is 0.251 e. The Balaban J connectivity index is 1.97. The largest absolute Gasteiger partial charge is 0.386 e. The van der Waals surface area contributed by atoms with Crippen molar-refractivity contribution < 1.29 is 9.90 Å². The molecule has 0 radical (unpaired) electrons. The van der Waals surface area contributed by atoms with E-state index in [0.717, 1.165) is 15.6 Å². The number of amides is 1. The number of aliphatic hydroxyl groups is 1. The van der Waals surface area contributed by atoms with Crippen molar-refractivity contribution in [2.24, 2.45) is 0 Å². The molecule has 0 saturated heterocycles. The predicted molar refractivity (Wildman–Crippen MR) is 87.0 cm³/mol. The summed E-state index contributed by atoms with van der Waals surface area (Å²) in [6.07, 6.45) is 0. The van der Waals surface area contributed by atoms with E-state index in [1.807, 2.05) is 36.4 Å². The second-order valence-corrected chi connectivity index (χ2v) is 6.36. The zero-order valence-corrected chi connectivity index (χ0v) is 13.6. The van der Waals surface area contributed by atoms with E-state index in [1.54, 1.807) is 26.0 Å². The number of hydrogen-bond donors (Lipinski definition) is 2. The highest BCUT2D eigenvalue weighted by Crippen LogP contribution is 2.19. The lowest BCUT2D eigenvalue weighted by molar-refractivity contribution is 0.0785. The first-order valence-electron chi connectivity index (χ1n) is 6.72. The molecule has 0 aromatic heterocycles. The fraction of sp³-hybridized carbons (Fsp3) is 0.235. The maximum atomic E-state index is 12.0. The molecule has 1 amide bonds. The van der Waals surface area contributed by atoms with Gasteiger partial charge in [0.05, 0.1) is 5.60 Å². The third-order valence-electron chi connectivity index (χ3n) is 3.22. The van der Waals surface area contributed by atoms with Crippen LogP contribution in [0.5, 0.6) is 0 Å². The van der Waals surface area contributed by atoms with E-state index < -0.39 is 5.60 Å².